The quantitative estimate of drug-likeness (QED) is 0.611. The zero-order valence-corrected chi connectivity index (χ0v) is 16.0. The predicted molar refractivity (Wildman–Crippen MR) is 101 cm³/mol. The fraction of sp³-hybridized carbons (Fsp3) is 0.412. The highest BCUT2D eigenvalue weighted by Gasteiger charge is 2.16. The molecule has 1 aromatic carbocycles. The highest BCUT2D eigenvalue weighted by atomic mass is 32.2. The van der Waals surface area contributed by atoms with Crippen LogP contribution < -0.4 is 5.32 Å². The van der Waals surface area contributed by atoms with E-state index in [4.69, 9.17) is 9.26 Å². The average molecular weight is 390 g/mol. The molecule has 2 aromatic heterocycles. The molecule has 1 aliphatic rings. The van der Waals surface area contributed by atoms with Crippen molar-refractivity contribution in [2.75, 3.05) is 18.5 Å². The Bertz CT molecular complexity index is 843. The summed E-state index contributed by atoms with van der Waals surface area (Å²) in [5.41, 5.74) is 2.15. The van der Waals surface area contributed by atoms with Crippen molar-refractivity contribution in [1.29, 1.82) is 0 Å². The van der Waals surface area contributed by atoms with Crippen LogP contribution in [0.4, 0.5) is 5.13 Å². The lowest BCUT2D eigenvalue weighted by Crippen LogP contribution is -2.18. The maximum absolute atomic E-state index is 5.59. The molecule has 3 heterocycles. The first-order chi connectivity index (χ1) is 12.8. The molecule has 0 saturated carbocycles. The van der Waals surface area contributed by atoms with Gasteiger partial charge in [-0.2, -0.15) is 4.98 Å². The number of hydrogen-bond acceptors (Lipinski definition) is 9. The molecule has 4 rings (SSSR count). The summed E-state index contributed by atoms with van der Waals surface area (Å²) in [6, 6.07) is 8.06. The third-order valence-electron chi connectivity index (χ3n) is 4.01. The van der Waals surface area contributed by atoms with Crippen LogP contribution in [0.5, 0.6) is 0 Å². The first-order valence-electron chi connectivity index (χ1n) is 8.48. The number of anilines is 1. The van der Waals surface area contributed by atoms with Crippen LogP contribution in [-0.2, 0) is 10.5 Å². The molecule has 1 unspecified atom stereocenters. The largest absolute Gasteiger partial charge is 0.376 e. The van der Waals surface area contributed by atoms with Crippen molar-refractivity contribution in [2.24, 2.45) is 0 Å². The van der Waals surface area contributed by atoms with Gasteiger partial charge in [-0.25, -0.2) is 0 Å². The number of ether oxygens (including phenoxy) is 1. The maximum Gasteiger partial charge on any atom is 0.237 e. The molecule has 1 saturated heterocycles. The molecule has 0 aliphatic carbocycles. The Morgan fingerprint density at radius 1 is 1.27 bits per heavy atom. The van der Waals surface area contributed by atoms with Crippen molar-refractivity contribution in [3.8, 4) is 11.4 Å². The topological polar surface area (TPSA) is 86.0 Å². The Labute approximate surface area is 159 Å². The van der Waals surface area contributed by atoms with Crippen LogP contribution in [0.2, 0.25) is 0 Å². The van der Waals surface area contributed by atoms with Crippen LogP contribution in [0, 0.1) is 6.92 Å². The van der Waals surface area contributed by atoms with Gasteiger partial charge in [0.05, 0.1) is 11.9 Å². The summed E-state index contributed by atoms with van der Waals surface area (Å²) in [5, 5.41) is 16.5. The van der Waals surface area contributed by atoms with Crippen molar-refractivity contribution < 1.29 is 9.26 Å². The number of hydrogen-bond donors (Lipinski definition) is 1. The van der Waals surface area contributed by atoms with Gasteiger partial charge in [-0.15, -0.1) is 10.2 Å². The van der Waals surface area contributed by atoms with Gasteiger partial charge in [0.2, 0.25) is 16.8 Å². The van der Waals surface area contributed by atoms with Crippen LogP contribution >= 0.6 is 23.1 Å². The van der Waals surface area contributed by atoms with Crippen molar-refractivity contribution in [3.05, 3.63) is 35.7 Å². The summed E-state index contributed by atoms with van der Waals surface area (Å²) >= 11 is 3.07. The molecule has 1 fully saturated rings. The van der Waals surface area contributed by atoms with E-state index < -0.39 is 0 Å². The molecule has 26 heavy (non-hydrogen) atoms. The van der Waals surface area contributed by atoms with E-state index >= 15 is 0 Å². The molecule has 9 heteroatoms. The van der Waals surface area contributed by atoms with Gasteiger partial charge in [-0.1, -0.05) is 58.1 Å². The number of benzene rings is 1. The van der Waals surface area contributed by atoms with Crippen LogP contribution in [0.3, 0.4) is 0 Å². The molecule has 3 aromatic rings. The summed E-state index contributed by atoms with van der Waals surface area (Å²) in [5.74, 6) is 1.76. The van der Waals surface area contributed by atoms with E-state index in [1.165, 1.54) is 16.9 Å². The molecule has 0 bridgehead atoms. The summed E-state index contributed by atoms with van der Waals surface area (Å²) in [7, 11) is 0. The smallest absolute Gasteiger partial charge is 0.237 e. The lowest BCUT2D eigenvalue weighted by atomic mass is 10.1. The SMILES string of the molecule is Cc1ccc(-c2noc(CSc3nnc(NCC4CCCO4)s3)n2)cc1. The zero-order valence-electron chi connectivity index (χ0n) is 14.3. The van der Waals surface area contributed by atoms with Gasteiger partial charge in [-0.05, 0) is 19.8 Å². The van der Waals surface area contributed by atoms with Crippen molar-refractivity contribution in [3.63, 3.8) is 0 Å². The van der Waals surface area contributed by atoms with E-state index in [-0.39, 0.29) is 6.10 Å². The van der Waals surface area contributed by atoms with Crippen LogP contribution in [0.15, 0.2) is 33.1 Å². The normalized spacial score (nSPS) is 16.9. The minimum Gasteiger partial charge on any atom is -0.376 e. The third-order valence-corrected chi connectivity index (χ3v) is 6.01. The van der Waals surface area contributed by atoms with Gasteiger partial charge in [0.1, 0.15) is 0 Å². The van der Waals surface area contributed by atoms with E-state index in [1.807, 2.05) is 31.2 Å². The first-order valence-corrected chi connectivity index (χ1v) is 10.3. The summed E-state index contributed by atoms with van der Waals surface area (Å²) in [4.78, 5) is 4.45. The van der Waals surface area contributed by atoms with Gasteiger partial charge in [-0.3, -0.25) is 0 Å². The van der Waals surface area contributed by atoms with Gasteiger partial charge in [0.25, 0.3) is 0 Å². The van der Waals surface area contributed by atoms with E-state index in [0.29, 0.717) is 17.5 Å². The second kappa shape index (κ2) is 8.15. The summed E-state index contributed by atoms with van der Waals surface area (Å²) in [6.07, 6.45) is 2.53. The summed E-state index contributed by atoms with van der Waals surface area (Å²) in [6.45, 7) is 3.69. The number of nitrogens with one attached hydrogen (secondary N) is 1. The lowest BCUT2D eigenvalue weighted by Gasteiger charge is -2.08. The Balaban J connectivity index is 1.29. The first kappa shape index (κ1) is 17.4. The molecule has 136 valence electrons. The van der Waals surface area contributed by atoms with Gasteiger partial charge in [0, 0.05) is 18.7 Å². The van der Waals surface area contributed by atoms with Gasteiger partial charge >= 0.3 is 0 Å². The second-order valence-corrected chi connectivity index (χ2v) is 8.26. The van der Waals surface area contributed by atoms with E-state index in [9.17, 15) is 0 Å². The summed E-state index contributed by atoms with van der Waals surface area (Å²) < 4.78 is 11.8. The third kappa shape index (κ3) is 4.40. The Morgan fingerprint density at radius 2 is 2.15 bits per heavy atom. The molecule has 0 amide bonds. The van der Waals surface area contributed by atoms with E-state index in [2.05, 4.69) is 25.7 Å². The molecule has 1 atom stereocenters. The molecule has 0 spiro atoms. The molecule has 7 nitrogen and oxygen atoms in total. The zero-order chi connectivity index (χ0) is 17.8. The molecular weight excluding hydrogens is 370 g/mol. The van der Waals surface area contributed by atoms with Crippen LogP contribution in [-0.4, -0.2) is 39.6 Å². The fourth-order valence-electron chi connectivity index (χ4n) is 2.60. The number of rotatable bonds is 7. The van der Waals surface area contributed by atoms with Gasteiger partial charge < -0.3 is 14.6 Å². The van der Waals surface area contributed by atoms with Crippen molar-refractivity contribution >= 4 is 28.2 Å². The fourth-order valence-corrected chi connectivity index (χ4v) is 4.20. The van der Waals surface area contributed by atoms with Crippen molar-refractivity contribution in [1.82, 2.24) is 20.3 Å². The molecule has 0 radical (unpaired) electrons. The van der Waals surface area contributed by atoms with E-state index in [0.717, 1.165) is 41.0 Å². The maximum atomic E-state index is 5.59. The van der Waals surface area contributed by atoms with Crippen LogP contribution in [0.25, 0.3) is 11.4 Å². The minimum absolute atomic E-state index is 0.286. The van der Waals surface area contributed by atoms with Crippen molar-refractivity contribution in [2.45, 2.75) is 36.0 Å². The number of aromatic nitrogens is 4. The Morgan fingerprint density at radius 3 is 2.96 bits per heavy atom. The molecular formula is C17H19N5O2S2. The number of aryl methyl sites for hydroxylation is 1. The lowest BCUT2D eigenvalue weighted by molar-refractivity contribution is 0.120. The number of thioether (sulfide) groups is 1. The highest BCUT2D eigenvalue weighted by Crippen LogP contribution is 2.28. The predicted octanol–water partition coefficient (Wildman–Crippen LogP) is 3.78. The minimum atomic E-state index is 0.286. The Kier molecular flexibility index (Phi) is 5.47. The molecule has 1 N–H and O–H groups in total. The van der Waals surface area contributed by atoms with Gasteiger partial charge in [0.15, 0.2) is 4.34 Å². The average Bonchev–Trinajstić information content (AvgIpc) is 3.40. The molecule has 1 aliphatic heterocycles. The second-order valence-electron chi connectivity index (χ2n) is 6.06. The number of nitrogens with zero attached hydrogens (tertiary/aromatic N) is 4. The van der Waals surface area contributed by atoms with Crippen LogP contribution in [0.1, 0.15) is 24.3 Å². The highest BCUT2D eigenvalue weighted by molar-refractivity contribution is 8.00. The van der Waals surface area contributed by atoms with E-state index in [1.54, 1.807) is 11.8 Å². The monoisotopic (exact) mass is 389 g/mol. The standard InChI is InChI=1S/C17H19N5O2S2/c1-11-4-6-12(7-5-11)15-19-14(24-22-15)10-25-17-21-20-16(26-17)18-9-13-3-2-8-23-13/h4-7,13H,2-3,8-10H2,1H3,(H,18,20). The Hall–Kier alpha value is -1.97.